The number of rotatable bonds is 4. The third-order valence-electron chi connectivity index (χ3n) is 2.43. The highest BCUT2D eigenvalue weighted by Gasteiger charge is 2.14. The number of nitrogens with zero attached hydrogens (tertiary/aromatic N) is 1. The van der Waals surface area contributed by atoms with Crippen molar-refractivity contribution < 1.29 is 9.90 Å². The highest BCUT2D eigenvalue weighted by molar-refractivity contribution is 5.69. The van der Waals surface area contributed by atoms with Gasteiger partial charge < -0.3 is 10.0 Å². The minimum atomic E-state index is -0.754. The Kier molecular flexibility index (Phi) is 3.72. The highest BCUT2D eigenvalue weighted by atomic mass is 16.4. The van der Waals surface area contributed by atoms with E-state index >= 15 is 0 Å². The summed E-state index contributed by atoms with van der Waals surface area (Å²) < 4.78 is 0. The second-order valence-electron chi connectivity index (χ2n) is 3.95. The van der Waals surface area contributed by atoms with Gasteiger partial charge in [-0.15, -0.1) is 0 Å². The van der Waals surface area contributed by atoms with Gasteiger partial charge in [-0.25, -0.2) is 0 Å². The van der Waals surface area contributed by atoms with E-state index in [-0.39, 0.29) is 12.3 Å². The van der Waals surface area contributed by atoms with E-state index in [4.69, 9.17) is 5.11 Å². The van der Waals surface area contributed by atoms with Crippen LogP contribution in [0.15, 0.2) is 24.3 Å². The third-order valence-corrected chi connectivity index (χ3v) is 2.43. The van der Waals surface area contributed by atoms with E-state index in [1.807, 2.05) is 50.2 Å². The van der Waals surface area contributed by atoms with Crippen LogP contribution in [0.25, 0.3) is 0 Å². The second kappa shape index (κ2) is 4.82. The first-order valence-electron chi connectivity index (χ1n) is 5.00. The van der Waals surface area contributed by atoms with Gasteiger partial charge in [0, 0.05) is 19.8 Å². The molecule has 0 saturated heterocycles. The van der Waals surface area contributed by atoms with Crippen LogP contribution in [0.3, 0.4) is 0 Å². The molecule has 0 aromatic heterocycles. The molecule has 15 heavy (non-hydrogen) atoms. The fourth-order valence-electron chi connectivity index (χ4n) is 1.68. The van der Waals surface area contributed by atoms with Crippen molar-refractivity contribution in [1.82, 2.24) is 0 Å². The summed E-state index contributed by atoms with van der Waals surface area (Å²) in [6.45, 7) is 1.94. The first-order chi connectivity index (χ1) is 7.02. The molecular formula is C12H17NO2. The molecule has 0 aliphatic heterocycles. The van der Waals surface area contributed by atoms with E-state index < -0.39 is 5.97 Å². The Morgan fingerprint density at radius 1 is 1.40 bits per heavy atom. The maximum atomic E-state index is 10.7. The zero-order chi connectivity index (χ0) is 11.4. The summed E-state index contributed by atoms with van der Waals surface area (Å²) in [4.78, 5) is 12.7. The number of benzene rings is 1. The van der Waals surface area contributed by atoms with Crippen LogP contribution in [0.4, 0.5) is 5.69 Å². The Bertz CT molecular complexity index is 347. The first-order valence-corrected chi connectivity index (χ1v) is 5.00. The Balaban J connectivity index is 2.97. The summed E-state index contributed by atoms with van der Waals surface area (Å²) in [7, 11) is 3.93. The van der Waals surface area contributed by atoms with Crippen molar-refractivity contribution in [1.29, 1.82) is 0 Å². The van der Waals surface area contributed by atoms with Crippen LogP contribution in [0.1, 0.15) is 24.8 Å². The van der Waals surface area contributed by atoms with Crippen LogP contribution < -0.4 is 4.90 Å². The Hall–Kier alpha value is -1.51. The summed E-state index contributed by atoms with van der Waals surface area (Å²) >= 11 is 0. The zero-order valence-electron chi connectivity index (χ0n) is 9.40. The SMILES string of the molecule is CC(CC(=O)O)c1ccccc1N(C)C. The van der Waals surface area contributed by atoms with Crippen molar-refractivity contribution >= 4 is 11.7 Å². The number of carbonyl (C=O) groups is 1. The van der Waals surface area contributed by atoms with E-state index in [9.17, 15) is 4.79 Å². The van der Waals surface area contributed by atoms with Gasteiger partial charge in [0.15, 0.2) is 0 Å². The summed E-state index contributed by atoms with van der Waals surface area (Å²) in [5.41, 5.74) is 2.18. The zero-order valence-corrected chi connectivity index (χ0v) is 9.40. The Morgan fingerprint density at radius 2 is 2.00 bits per heavy atom. The number of para-hydroxylation sites is 1. The smallest absolute Gasteiger partial charge is 0.303 e. The molecule has 1 aromatic rings. The number of aliphatic carboxylic acids is 1. The summed E-state index contributed by atoms with van der Waals surface area (Å²) in [5, 5.41) is 8.76. The van der Waals surface area contributed by atoms with Crippen LogP contribution in [0.5, 0.6) is 0 Å². The highest BCUT2D eigenvalue weighted by Crippen LogP contribution is 2.28. The quantitative estimate of drug-likeness (QED) is 0.823. The molecular weight excluding hydrogens is 190 g/mol. The molecule has 3 nitrogen and oxygen atoms in total. The fourth-order valence-corrected chi connectivity index (χ4v) is 1.68. The van der Waals surface area contributed by atoms with Crippen LogP contribution in [0, 0.1) is 0 Å². The molecule has 1 N–H and O–H groups in total. The molecule has 0 saturated carbocycles. The Morgan fingerprint density at radius 3 is 2.53 bits per heavy atom. The molecule has 0 aliphatic rings. The molecule has 0 amide bonds. The minimum Gasteiger partial charge on any atom is -0.481 e. The topological polar surface area (TPSA) is 40.5 Å². The van der Waals surface area contributed by atoms with Crippen LogP contribution >= 0.6 is 0 Å². The number of carboxylic acid groups (broad SMARTS) is 1. The fraction of sp³-hybridized carbons (Fsp3) is 0.417. The average molecular weight is 207 g/mol. The van der Waals surface area contributed by atoms with E-state index in [0.717, 1.165) is 11.3 Å². The van der Waals surface area contributed by atoms with Crippen molar-refractivity contribution in [2.45, 2.75) is 19.3 Å². The molecule has 1 unspecified atom stereocenters. The molecule has 3 heteroatoms. The van der Waals surface area contributed by atoms with Gasteiger partial charge >= 0.3 is 5.97 Å². The number of hydrogen-bond donors (Lipinski definition) is 1. The van der Waals surface area contributed by atoms with Gasteiger partial charge in [0.25, 0.3) is 0 Å². The van der Waals surface area contributed by atoms with E-state index in [1.165, 1.54) is 0 Å². The largest absolute Gasteiger partial charge is 0.481 e. The van der Waals surface area contributed by atoms with Gasteiger partial charge in [-0.05, 0) is 17.5 Å². The molecule has 82 valence electrons. The monoisotopic (exact) mass is 207 g/mol. The molecule has 0 aliphatic carbocycles. The van der Waals surface area contributed by atoms with Gasteiger partial charge in [0.1, 0.15) is 0 Å². The van der Waals surface area contributed by atoms with Gasteiger partial charge in [0.05, 0.1) is 6.42 Å². The van der Waals surface area contributed by atoms with Gasteiger partial charge in [-0.2, -0.15) is 0 Å². The maximum absolute atomic E-state index is 10.7. The molecule has 0 fully saturated rings. The predicted molar refractivity (Wildman–Crippen MR) is 61.4 cm³/mol. The van der Waals surface area contributed by atoms with Crippen molar-refractivity contribution in [2.24, 2.45) is 0 Å². The normalized spacial score (nSPS) is 12.2. The van der Waals surface area contributed by atoms with Gasteiger partial charge in [-0.1, -0.05) is 25.1 Å². The molecule has 0 spiro atoms. The second-order valence-corrected chi connectivity index (χ2v) is 3.95. The van der Waals surface area contributed by atoms with Crippen molar-refractivity contribution in [3.05, 3.63) is 29.8 Å². The van der Waals surface area contributed by atoms with E-state index in [0.29, 0.717) is 0 Å². The van der Waals surface area contributed by atoms with Crippen LogP contribution in [-0.4, -0.2) is 25.2 Å². The van der Waals surface area contributed by atoms with Gasteiger partial charge in [-0.3, -0.25) is 4.79 Å². The molecule has 1 aromatic carbocycles. The molecule has 1 atom stereocenters. The summed E-state index contributed by atoms with van der Waals surface area (Å²) in [6.07, 6.45) is 0.171. The van der Waals surface area contributed by atoms with E-state index in [1.54, 1.807) is 0 Å². The maximum Gasteiger partial charge on any atom is 0.303 e. The predicted octanol–water partition coefficient (Wildman–Crippen LogP) is 2.33. The molecule has 0 radical (unpaired) electrons. The van der Waals surface area contributed by atoms with Crippen LogP contribution in [-0.2, 0) is 4.79 Å². The summed E-state index contributed by atoms with van der Waals surface area (Å²) in [6, 6.07) is 7.91. The standard InChI is InChI=1S/C12H17NO2/c1-9(8-12(14)15)10-6-4-5-7-11(10)13(2)3/h4-7,9H,8H2,1-3H3,(H,14,15). The van der Waals surface area contributed by atoms with E-state index in [2.05, 4.69) is 0 Å². The Labute approximate surface area is 90.3 Å². The number of anilines is 1. The van der Waals surface area contributed by atoms with Crippen molar-refractivity contribution in [3.8, 4) is 0 Å². The minimum absolute atomic E-state index is 0.0427. The number of hydrogen-bond acceptors (Lipinski definition) is 2. The average Bonchev–Trinajstić information content (AvgIpc) is 2.16. The lowest BCUT2D eigenvalue weighted by Gasteiger charge is -2.20. The molecule has 0 bridgehead atoms. The lowest BCUT2D eigenvalue weighted by atomic mass is 9.96. The lowest BCUT2D eigenvalue weighted by molar-refractivity contribution is -0.137. The molecule has 1 rings (SSSR count). The molecule has 0 heterocycles. The number of carboxylic acids is 1. The lowest BCUT2D eigenvalue weighted by Crippen LogP contribution is -2.13. The van der Waals surface area contributed by atoms with Crippen molar-refractivity contribution in [3.63, 3.8) is 0 Å². The third kappa shape index (κ3) is 2.98. The van der Waals surface area contributed by atoms with Crippen molar-refractivity contribution in [2.75, 3.05) is 19.0 Å². The van der Waals surface area contributed by atoms with Crippen LogP contribution in [0.2, 0.25) is 0 Å². The first kappa shape index (κ1) is 11.6. The van der Waals surface area contributed by atoms with Gasteiger partial charge in [0.2, 0.25) is 0 Å². The summed E-state index contributed by atoms with van der Waals surface area (Å²) in [5.74, 6) is -0.711.